The Balaban J connectivity index is 1.40. The Morgan fingerprint density at radius 2 is 1.56 bits per heavy atom. The summed E-state index contributed by atoms with van der Waals surface area (Å²) in [7, 11) is 0. The zero-order valence-electron chi connectivity index (χ0n) is 13.7. The van der Waals surface area contributed by atoms with Crippen molar-refractivity contribution in [1.82, 2.24) is 25.1 Å². The summed E-state index contributed by atoms with van der Waals surface area (Å²) in [5.74, 6) is 0.0657. The lowest BCUT2D eigenvalue weighted by atomic mass is 10.1. The number of hydrogen-bond donors (Lipinski definition) is 0. The molecule has 1 saturated heterocycles. The number of carbonyl (C=O) groups is 1. The van der Waals surface area contributed by atoms with Crippen LogP contribution in [0.15, 0.2) is 60.9 Å². The second-order valence-corrected chi connectivity index (χ2v) is 5.92. The van der Waals surface area contributed by atoms with E-state index in [-0.39, 0.29) is 5.91 Å². The predicted molar refractivity (Wildman–Crippen MR) is 93.7 cm³/mol. The van der Waals surface area contributed by atoms with E-state index >= 15 is 0 Å². The summed E-state index contributed by atoms with van der Waals surface area (Å²) in [5.41, 5.74) is 2.72. The van der Waals surface area contributed by atoms with Crippen LogP contribution >= 0.6 is 0 Å². The van der Waals surface area contributed by atoms with E-state index in [4.69, 9.17) is 0 Å². The zero-order valence-corrected chi connectivity index (χ0v) is 13.7. The number of aromatic nitrogens is 4. The smallest absolute Gasteiger partial charge is 0.253 e. The second-order valence-electron chi connectivity index (χ2n) is 5.92. The van der Waals surface area contributed by atoms with E-state index in [9.17, 15) is 4.79 Å². The molecule has 0 bridgehead atoms. The fraction of sp³-hybridized carbons (Fsp3) is 0.222. The minimum absolute atomic E-state index is 0.0657. The molecule has 1 aromatic heterocycles. The fourth-order valence-corrected chi connectivity index (χ4v) is 3.03. The van der Waals surface area contributed by atoms with Gasteiger partial charge in [-0.25, -0.2) is 4.68 Å². The minimum atomic E-state index is 0.0657. The third-order valence-electron chi connectivity index (χ3n) is 4.42. The van der Waals surface area contributed by atoms with Gasteiger partial charge in [-0.15, -0.1) is 5.10 Å². The Kier molecular flexibility index (Phi) is 4.12. The second kappa shape index (κ2) is 6.72. The van der Waals surface area contributed by atoms with E-state index < -0.39 is 0 Å². The molecule has 1 fully saturated rings. The fourth-order valence-electron chi connectivity index (χ4n) is 3.03. The quantitative estimate of drug-likeness (QED) is 0.728. The summed E-state index contributed by atoms with van der Waals surface area (Å²) in [6.45, 7) is 3.14. The largest absolute Gasteiger partial charge is 0.368 e. The first kappa shape index (κ1) is 15.3. The van der Waals surface area contributed by atoms with Crippen molar-refractivity contribution in [2.24, 2.45) is 0 Å². The van der Waals surface area contributed by atoms with Crippen molar-refractivity contribution in [2.75, 3.05) is 31.1 Å². The van der Waals surface area contributed by atoms with Crippen LogP contribution in [-0.4, -0.2) is 57.2 Å². The number of nitrogens with zero attached hydrogens (tertiary/aromatic N) is 6. The third kappa shape index (κ3) is 3.21. The van der Waals surface area contributed by atoms with E-state index in [1.54, 1.807) is 4.68 Å². The number of rotatable bonds is 3. The third-order valence-corrected chi connectivity index (χ3v) is 4.42. The minimum Gasteiger partial charge on any atom is -0.368 e. The number of para-hydroxylation sites is 1. The van der Waals surface area contributed by atoms with Gasteiger partial charge in [0.1, 0.15) is 6.33 Å². The Morgan fingerprint density at radius 1 is 0.840 bits per heavy atom. The number of carbonyl (C=O) groups excluding carboxylic acids is 1. The van der Waals surface area contributed by atoms with Crippen LogP contribution in [-0.2, 0) is 0 Å². The van der Waals surface area contributed by atoms with Crippen LogP contribution < -0.4 is 4.90 Å². The van der Waals surface area contributed by atoms with E-state index in [2.05, 4.69) is 32.6 Å². The molecule has 7 heteroatoms. The highest BCUT2D eigenvalue weighted by molar-refractivity contribution is 5.94. The van der Waals surface area contributed by atoms with Gasteiger partial charge in [0.25, 0.3) is 5.91 Å². The summed E-state index contributed by atoms with van der Waals surface area (Å²) < 4.78 is 1.56. The van der Waals surface area contributed by atoms with Crippen LogP contribution in [0.4, 0.5) is 5.69 Å². The van der Waals surface area contributed by atoms with Gasteiger partial charge in [-0.05, 0) is 46.8 Å². The number of piperazine rings is 1. The molecule has 2 aromatic carbocycles. The van der Waals surface area contributed by atoms with Crippen molar-refractivity contribution in [1.29, 1.82) is 0 Å². The van der Waals surface area contributed by atoms with Crippen molar-refractivity contribution in [3.05, 3.63) is 66.5 Å². The molecule has 0 spiro atoms. The van der Waals surface area contributed by atoms with Crippen molar-refractivity contribution >= 4 is 11.6 Å². The molecule has 1 aliphatic rings. The van der Waals surface area contributed by atoms with Gasteiger partial charge in [-0.1, -0.05) is 18.2 Å². The average Bonchev–Trinajstić information content (AvgIpc) is 3.23. The van der Waals surface area contributed by atoms with Crippen molar-refractivity contribution < 1.29 is 4.79 Å². The van der Waals surface area contributed by atoms with Crippen molar-refractivity contribution in [3.63, 3.8) is 0 Å². The molecule has 0 atom stereocenters. The van der Waals surface area contributed by atoms with Crippen molar-refractivity contribution in [3.8, 4) is 5.69 Å². The molecule has 4 rings (SSSR count). The molecule has 25 heavy (non-hydrogen) atoms. The van der Waals surface area contributed by atoms with Crippen LogP contribution in [0.2, 0.25) is 0 Å². The first-order valence-electron chi connectivity index (χ1n) is 8.24. The predicted octanol–water partition coefficient (Wildman–Crippen LogP) is 1.62. The van der Waals surface area contributed by atoms with Gasteiger partial charge in [0.05, 0.1) is 5.69 Å². The van der Waals surface area contributed by atoms with Gasteiger partial charge < -0.3 is 9.80 Å². The highest BCUT2D eigenvalue weighted by Crippen LogP contribution is 2.17. The van der Waals surface area contributed by atoms with E-state index in [1.807, 2.05) is 47.4 Å². The number of tetrazole rings is 1. The normalized spacial score (nSPS) is 14.6. The molecule has 0 aliphatic carbocycles. The number of benzene rings is 2. The van der Waals surface area contributed by atoms with Gasteiger partial charge in [0.2, 0.25) is 0 Å². The molecule has 1 amide bonds. The topological polar surface area (TPSA) is 67.2 Å². The molecule has 0 unspecified atom stereocenters. The van der Waals surface area contributed by atoms with Crippen LogP contribution in [0.3, 0.4) is 0 Å². The summed E-state index contributed by atoms with van der Waals surface area (Å²) in [4.78, 5) is 16.9. The van der Waals surface area contributed by atoms with Gasteiger partial charge in [0.15, 0.2) is 0 Å². The molecule has 0 saturated carbocycles. The molecule has 0 radical (unpaired) electrons. The maximum absolute atomic E-state index is 12.7. The van der Waals surface area contributed by atoms with Gasteiger partial charge in [-0.2, -0.15) is 0 Å². The van der Waals surface area contributed by atoms with E-state index in [0.717, 1.165) is 31.9 Å². The van der Waals surface area contributed by atoms with Crippen LogP contribution in [0.1, 0.15) is 10.4 Å². The monoisotopic (exact) mass is 334 g/mol. The first-order valence-corrected chi connectivity index (χ1v) is 8.24. The molecular formula is C18H18N6O. The maximum Gasteiger partial charge on any atom is 0.253 e. The number of hydrogen-bond acceptors (Lipinski definition) is 5. The lowest BCUT2D eigenvalue weighted by molar-refractivity contribution is 0.0747. The highest BCUT2D eigenvalue weighted by atomic mass is 16.2. The molecule has 0 N–H and O–H groups in total. The molecule has 7 nitrogen and oxygen atoms in total. The Labute approximate surface area is 145 Å². The van der Waals surface area contributed by atoms with Crippen LogP contribution in [0.5, 0.6) is 0 Å². The molecule has 2 heterocycles. The summed E-state index contributed by atoms with van der Waals surface area (Å²) in [5, 5.41) is 11.1. The standard InChI is InChI=1S/C18H18N6O/c25-18(15-6-8-17(9-7-15)24-14-19-20-21-24)23-12-10-22(11-13-23)16-4-2-1-3-5-16/h1-9,14H,10-13H2. The Morgan fingerprint density at radius 3 is 2.20 bits per heavy atom. The van der Waals surface area contributed by atoms with E-state index in [1.165, 1.54) is 12.0 Å². The summed E-state index contributed by atoms with van der Waals surface area (Å²) in [6.07, 6.45) is 1.53. The molecule has 3 aromatic rings. The van der Waals surface area contributed by atoms with Gasteiger partial charge in [-0.3, -0.25) is 4.79 Å². The van der Waals surface area contributed by atoms with Crippen molar-refractivity contribution in [2.45, 2.75) is 0 Å². The lowest BCUT2D eigenvalue weighted by Crippen LogP contribution is -2.48. The molecule has 1 aliphatic heterocycles. The Hall–Kier alpha value is -3.22. The van der Waals surface area contributed by atoms with Gasteiger partial charge >= 0.3 is 0 Å². The van der Waals surface area contributed by atoms with Crippen LogP contribution in [0, 0.1) is 0 Å². The first-order chi connectivity index (χ1) is 12.3. The molecular weight excluding hydrogens is 316 g/mol. The SMILES string of the molecule is O=C(c1ccc(-n2cnnn2)cc1)N1CCN(c2ccccc2)CC1. The zero-order chi connectivity index (χ0) is 17.1. The summed E-state index contributed by atoms with van der Waals surface area (Å²) in [6, 6.07) is 17.7. The maximum atomic E-state index is 12.7. The van der Waals surface area contributed by atoms with E-state index in [0.29, 0.717) is 5.56 Å². The summed E-state index contributed by atoms with van der Waals surface area (Å²) >= 11 is 0. The average molecular weight is 334 g/mol. The number of amides is 1. The highest BCUT2D eigenvalue weighted by Gasteiger charge is 2.22. The number of anilines is 1. The lowest BCUT2D eigenvalue weighted by Gasteiger charge is -2.36. The molecule has 126 valence electrons. The Bertz CT molecular complexity index is 824. The van der Waals surface area contributed by atoms with Gasteiger partial charge in [0, 0.05) is 37.4 Å². The van der Waals surface area contributed by atoms with Crippen LogP contribution in [0.25, 0.3) is 5.69 Å².